The lowest BCUT2D eigenvalue weighted by atomic mass is 9.92. The summed E-state index contributed by atoms with van der Waals surface area (Å²) < 4.78 is 47.0. The lowest BCUT2D eigenvalue weighted by molar-refractivity contribution is -0.137. The third-order valence-corrected chi connectivity index (χ3v) is 5.68. The highest BCUT2D eigenvalue weighted by Gasteiger charge is 2.31. The monoisotopic (exact) mass is 552 g/mol. The molecule has 3 amide bonds. The van der Waals surface area contributed by atoms with Crippen LogP contribution in [-0.2, 0) is 11.6 Å². The van der Waals surface area contributed by atoms with Crippen molar-refractivity contribution in [2.45, 2.75) is 32.4 Å². The fraction of sp³-hybridized carbons (Fsp3) is 0.214. The molecule has 4 rings (SSSR count). The number of urea groups is 1. The molecule has 0 bridgehead atoms. The Kier molecular flexibility index (Phi) is 7.80. The molecule has 2 heterocycles. The number of hydrogen-bond acceptors (Lipinski definition) is 5. The molecule has 2 aromatic heterocycles. The molecule has 0 fully saturated rings. The Hall–Kier alpha value is -4.87. The summed E-state index contributed by atoms with van der Waals surface area (Å²) in [6.45, 7) is 5.72. The summed E-state index contributed by atoms with van der Waals surface area (Å²) in [4.78, 5) is 28.6. The topological polar surface area (TPSA) is 110 Å². The molecule has 0 radical (unpaired) electrons. The highest BCUT2D eigenvalue weighted by molar-refractivity contribution is 5.99. The molecule has 9 nitrogen and oxygen atoms in total. The summed E-state index contributed by atoms with van der Waals surface area (Å²) in [7, 11) is 1.50. The van der Waals surface area contributed by atoms with Crippen LogP contribution in [0.15, 0.2) is 72.9 Å². The zero-order valence-electron chi connectivity index (χ0n) is 22.1. The highest BCUT2D eigenvalue weighted by atomic mass is 19.4. The average molecular weight is 553 g/mol. The number of halogens is 3. The molecule has 0 unspecified atom stereocenters. The molecule has 0 atom stereocenters. The molecule has 12 heteroatoms. The van der Waals surface area contributed by atoms with E-state index in [9.17, 15) is 22.8 Å². The van der Waals surface area contributed by atoms with Crippen LogP contribution in [-0.4, -0.2) is 33.8 Å². The number of amides is 3. The Balaban J connectivity index is 1.50. The van der Waals surface area contributed by atoms with Gasteiger partial charge in [0.15, 0.2) is 0 Å². The fourth-order valence-electron chi connectivity index (χ4n) is 3.60. The van der Waals surface area contributed by atoms with Crippen LogP contribution in [0, 0.1) is 0 Å². The highest BCUT2D eigenvalue weighted by Crippen LogP contribution is 2.32. The number of pyridine rings is 1. The van der Waals surface area contributed by atoms with Crippen LogP contribution in [0.4, 0.5) is 29.5 Å². The lowest BCUT2D eigenvalue weighted by Gasteiger charge is -2.14. The van der Waals surface area contributed by atoms with E-state index in [1.807, 2.05) is 20.8 Å². The molecule has 0 aliphatic carbocycles. The minimum absolute atomic E-state index is 0.151. The van der Waals surface area contributed by atoms with E-state index in [4.69, 9.17) is 4.74 Å². The summed E-state index contributed by atoms with van der Waals surface area (Å²) in [6, 6.07) is 15.3. The second-order valence-electron chi connectivity index (χ2n) is 9.79. The molecular formula is C28H27F3N6O3. The summed E-state index contributed by atoms with van der Waals surface area (Å²) in [5.74, 6) is 0.716. The minimum Gasteiger partial charge on any atom is -0.457 e. The Morgan fingerprint density at radius 2 is 1.62 bits per heavy atom. The van der Waals surface area contributed by atoms with E-state index in [0.717, 1.165) is 12.1 Å². The van der Waals surface area contributed by atoms with E-state index in [1.165, 1.54) is 36.1 Å². The normalized spacial score (nSPS) is 11.6. The molecular weight excluding hydrogens is 525 g/mol. The van der Waals surface area contributed by atoms with Crippen molar-refractivity contribution >= 4 is 23.4 Å². The van der Waals surface area contributed by atoms with Gasteiger partial charge in [-0.3, -0.25) is 15.1 Å². The summed E-state index contributed by atoms with van der Waals surface area (Å²) in [6.07, 6.45) is -3.07. The first-order chi connectivity index (χ1) is 18.8. The van der Waals surface area contributed by atoms with E-state index in [1.54, 1.807) is 36.4 Å². The van der Waals surface area contributed by atoms with Gasteiger partial charge in [-0.15, -0.1) is 0 Å². The van der Waals surface area contributed by atoms with Gasteiger partial charge in [0.05, 0.1) is 16.9 Å². The third-order valence-electron chi connectivity index (χ3n) is 5.68. The van der Waals surface area contributed by atoms with E-state index in [-0.39, 0.29) is 23.1 Å². The van der Waals surface area contributed by atoms with E-state index >= 15 is 0 Å². The molecule has 2 aromatic carbocycles. The van der Waals surface area contributed by atoms with Gasteiger partial charge in [-0.1, -0.05) is 26.8 Å². The first-order valence-corrected chi connectivity index (χ1v) is 12.2. The number of carbonyl (C=O) groups is 2. The summed E-state index contributed by atoms with van der Waals surface area (Å²) in [5.41, 5.74) is 0.119. The number of anilines is 2. The van der Waals surface area contributed by atoms with Gasteiger partial charge in [-0.2, -0.15) is 18.3 Å². The zero-order valence-corrected chi connectivity index (χ0v) is 22.1. The van der Waals surface area contributed by atoms with Crippen LogP contribution in [0.2, 0.25) is 0 Å². The number of alkyl halides is 3. The van der Waals surface area contributed by atoms with Crippen molar-refractivity contribution in [2.24, 2.45) is 0 Å². The number of benzene rings is 2. The van der Waals surface area contributed by atoms with E-state index < -0.39 is 23.2 Å². The first-order valence-electron chi connectivity index (χ1n) is 12.2. The van der Waals surface area contributed by atoms with Crippen LogP contribution in [0.1, 0.15) is 42.5 Å². The van der Waals surface area contributed by atoms with Crippen molar-refractivity contribution in [1.82, 2.24) is 20.1 Å². The maximum absolute atomic E-state index is 13.3. The Labute approximate surface area is 228 Å². The number of nitrogens with one attached hydrogen (secondary N) is 3. The number of nitrogens with zero attached hydrogens (tertiary/aromatic N) is 3. The second kappa shape index (κ2) is 11.1. The third kappa shape index (κ3) is 6.76. The number of rotatable bonds is 6. The fourth-order valence-corrected chi connectivity index (χ4v) is 3.60. The number of aromatic nitrogens is 3. The maximum atomic E-state index is 13.3. The van der Waals surface area contributed by atoms with Crippen LogP contribution in [0.5, 0.6) is 11.5 Å². The van der Waals surface area contributed by atoms with Gasteiger partial charge in [0.1, 0.15) is 23.0 Å². The number of hydrogen-bond donors (Lipinski definition) is 3. The van der Waals surface area contributed by atoms with Gasteiger partial charge in [-0.05, 0) is 48.5 Å². The van der Waals surface area contributed by atoms with Crippen LogP contribution < -0.4 is 20.7 Å². The van der Waals surface area contributed by atoms with Crippen molar-refractivity contribution in [2.75, 3.05) is 17.7 Å². The smallest absolute Gasteiger partial charge is 0.416 e. The van der Waals surface area contributed by atoms with Crippen molar-refractivity contribution in [3.05, 3.63) is 89.9 Å². The largest absolute Gasteiger partial charge is 0.457 e. The Bertz CT molecular complexity index is 1530. The van der Waals surface area contributed by atoms with Gasteiger partial charge in [0, 0.05) is 36.5 Å². The van der Waals surface area contributed by atoms with Crippen molar-refractivity contribution in [1.29, 1.82) is 0 Å². The van der Waals surface area contributed by atoms with Crippen molar-refractivity contribution < 1.29 is 27.5 Å². The molecule has 0 saturated heterocycles. The van der Waals surface area contributed by atoms with Gasteiger partial charge in [0.25, 0.3) is 5.91 Å². The SMILES string of the molecule is CNC(=O)c1cc(Oc2ccc(NC(=O)Nc3cc(C(C)(C)C)nn3-c3cccc(C(F)(F)F)c3)cc2)ccn1. The van der Waals surface area contributed by atoms with Crippen molar-refractivity contribution in [3.8, 4) is 17.2 Å². The predicted octanol–water partition coefficient (Wildman–Crippen LogP) is 6.38. The predicted molar refractivity (Wildman–Crippen MR) is 144 cm³/mol. The van der Waals surface area contributed by atoms with Gasteiger partial charge in [-0.25, -0.2) is 9.48 Å². The molecule has 0 aliphatic rings. The Morgan fingerprint density at radius 3 is 2.27 bits per heavy atom. The Morgan fingerprint density at radius 1 is 0.900 bits per heavy atom. The second-order valence-corrected chi connectivity index (χ2v) is 9.79. The zero-order chi connectivity index (χ0) is 29.1. The van der Waals surface area contributed by atoms with Crippen LogP contribution >= 0.6 is 0 Å². The molecule has 4 aromatic rings. The standard InChI is InChI=1S/C28H27F3N6O3/c1-27(2,3)23-16-24(37(36-23)19-7-5-6-17(14-19)28(29,30)31)35-26(39)34-18-8-10-20(11-9-18)40-21-12-13-33-22(15-21)25(38)32-4/h5-16H,1-4H3,(H,32,38)(H2,34,35,39). The molecule has 208 valence electrons. The maximum Gasteiger partial charge on any atom is 0.416 e. The average Bonchev–Trinajstić information content (AvgIpc) is 3.33. The summed E-state index contributed by atoms with van der Waals surface area (Å²) >= 11 is 0. The van der Waals surface area contributed by atoms with E-state index in [2.05, 4.69) is 26.0 Å². The van der Waals surface area contributed by atoms with Gasteiger partial charge in [0.2, 0.25) is 0 Å². The lowest BCUT2D eigenvalue weighted by Crippen LogP contribution is -2.21. The molecule has 0 spiro atoms. The number of ether oxygens (including phenoxy) is 1. The first kappa shape index (κ1) is 28.1. The number of carbonyl (C=O) groups excluding carboxylic acids is 2. The molecule has 0 saturated carbocycles. The van der Waals surface area contributed by atoms with E-state index in [0.29, 0.717) is 22.9 Å². The van der Waals surface area contributed by atoms with Gasteiger partial charge >= 0.3 is 12.2 Å². The van der Waals surface area contributed by atoms with Gasteiger partial charge < -0.3 is 15.4 Å². The molecule has 3 N–H and O–H groups in total. The van der Waals surface area contributed by atoms with Crippen LogP contribution in [0.25, 0.3) is 5.69 Å². The molecule has 40 heavy (non-hydrogen) atoms. The van der Waals surface area contributed by atoms with Crippen molar-refractivity contribution in [3.63, 3.8) is 0 Å². The summed E-state index contributed by atoms with van der Waals surface area (Å²) in [5, 5.41) is 12.3. The quantitative estimate of drug-likeness (QED) is 0.257. The molecule has 0 aliphatic heterocycles. The minimum atomic E-state index is -4.53. The van der Waals surface area contributed by atoms with Crippen LogP contribution in [0.3, 0.4) is 0 Å².